The van der Waals surface area contributed by atoms with Gasteiger partial charge in [-0.15, -0.1) is 10.2 Å². The van der Waals surface area contributed by atoms with Crippen molar-refractivity contribution in [1.29, 1.82) is 0 Å². The van der Waals surface area contributed by atoms with E-state index in [4.69, 9.17) is 21.1 Å². The molecule has 8 nitrogen and oxygen atoms in total. The largest absolute Gasteiger partial charge is 0.493 e. The first-order valence-electron chi connectivity index (χ1n) is 9.73. The molecule has 4 aromatic rings. The van der Waals surface area contributed by atoms with Gasteiger partial charge in [0.15, 0.2) is 17.2 Å². The van der Waals surface area contributed by atoms with E-state index in [9.17, 15) is 4.79 Å². The van der Waals surface area contributed by atoms with Crippen molar-refractivity contribution in [3.05, 3.63) is 63.2 Å². The van der Waals surface area contributed by atoms with E-state index in [0.29, 0.717) is 33.8 Å². The van der Waals surface area contributed by atoms with Gasteiger partial charge in [0.2, 0.25) is 5.13 Å². The third-order valence-corrected chi connectivity index (χ3v) is 6.25. The standard InChI is InChI=1S/C22H18ClN5O3S/c1-11-25-26-22(32-11)24-21(29)19-16-8-12-9-17(30-2)18(31-3)10-15(12)20(16)28(27-19)14-6-4-13(23)5-7-14/h4-7,9-10H,8H2,1-3H3,(H,24,26,29). The number of amides is 1. The number of methoxy groups -OCH3 is 2. The number of aromatic nitrogens is 4. The Morgan fingerprint density at radius 3 is 2.50 bits per heavy atom. The van der Waals surface area contributed by atoms with E-state index >= 15 is 0 Å². The Morgan fingerprint density at radius 1 is 1.12 bits per heavy atom. The van der Waals surface area contributed by atoms with Crippen LogP contribution in [0.1, 0.15) is 26.6 Å². The molecule has 2 heterocycles. The SMILES string of the molecule is COc1cc2c(cc1OC)-c1c(c(C(=O)Nc3nnc(C)s3)nn1-c1ccc(Cl)cc1)C2. The normalized spacial score (nSPS) is 11.8. The number of anilines is 1. The van der Waals surface area contributed by atoms with Crippen LogP contribution in [-0.2, 0) is 6.42 Å². The molecule has 1 aliphatic rings. The predicted molar refractivity (Wildman–Crippen MR) is 123 cm³/mol. The molecular weight excluding hydrogens is 450 g/mol. The van der Waals surface area contributed by atoms with Gasteiger partial charge in [0, 0.05) is 22.6 Å². The minimum absolute atomic E-state index is 0.330. The van der Waals surface area contributed by atoms with Crippen LogP contribution in [0.2, 0.25) is 5.02 Å². The number of hydrogen-bond donors (Lipinski definition) is 1. The van der Waals surface area contributed by atoms with Crippen molar-refractivity contribution in [2.45, 2.75) is 13.3 Å². The summed E-state index contributed by atoms with van der Waals surface area (Å²) in [7, 11) is 3.20. The molecule has 0 spiro atoms. The van der Waals surface area contributed by atoms with Gasteiger partial charge in [0.25, 0.3) is 5.91 Å². The second-order valence-electron chi connectivity index (χ2n) is 7.19. The third-order valence-electron chi connectivity index (χ3n) is 5.25. The van der Waals surface area contributed by atoms with Crippen molar-refractivity contribution >= 4 is 34.0 Å². The summed E-state index contributed by atoms with van der Waals surface area (Å²) in [5.41, 5.74) is 4.74. The van der Waals surface area contributed by atoms with E-state index in [1.165, 1.54) is 11.3 Å². The van der Waals surface area contributed by atoms with Crippen LogP contribution in [0.4, 0.5) is 5.13 Å². The second kappa shape index (κ2) is 7.92. The smallest absolute Gasteiger partial charge is 0.278 e. The number of nitrogens with zero attached hydrogens (tertiary/aromatic N) is 4. The van der Waals surface area contributed by atoms with Crippen LogP contribution in [-0.4, -0.2) is 40.1 Å². The van der Waals surface area contributed by atoms with Gasteiger partial charge >= 0.3 is 0 Å². The average Bonchev–Trinajstić information content (AvgIpc) is 3.47. The predicted octanol–water partition coefficient (Wildman–Crippen LogP) is 4.53. The number of carbonyl (C=O) groups is 1. The van der Waals surface area contributed by atoms with Crippen molar-refractivity contribution in [3.8, 4) is 28.4 Å². The molecule has 0 aliphatic heterocycles. The van der Waals surface area contributed by atoms with Gasteiger partial charge in [-0.3, -0.25) is 10.1 Å². The Bertz CT molecular complexity index is 1350. The van der Waals surface area contributed by atoms with Gasteiger partial charge in [-0.2, -0.15) is 5.10 Å². The number of hydrogen-bond acceptors (Lipinski definition) is 7. The van der Waals surface area contributed by atoms with Crippen molar-refractivity contribution in [3.63, 3.8) is 0 Å². The Labute approximate surface area is 192 Å². The molecule has 32 heavy (non-hydrogen) atoms. The molecule has 0 saturated heterocycles. The summed E-state index contributed by atoms with van der Waals surface area (Å²) in [6.07, 6.45) is 0.538. The van der Waals surface area contributed by atoms with Gasteiger partial charge in [-0.05, 0) is 48.9 Å². The maximum Gasteiger partial charge on any atom is 0.278 e. The minimum atomic E-state index is -0.336. The Kier molecular flexibility index (Phi) is 5.07. The minimum Gasteiger partial charge on any atom is -0.493 e. The molecule has 5 rings (SSSR count). The number of fused-ring (bicyclic) bond motifs is 3. The summed E-state index contributed by atoms with van der Waals surface area (Å²) in [6.45, 7) is 1.83. The van der Waals surface area contributed by atoms with Crippen molar-refractivity contribution in [1.82, 2.24) is 20.0 Å². The summed E-state index contributed by atoms with van der Waals surface area (Å²) in [4.78, 5) is 13.2. The van der Waals surface area contributed by atoms with Crippen molar-refractivity contribution in [2.24, 2.45) is 0 Å². The van der Waals surface area contributed by atoms with E-state index in [0.717, 1.165) is 33.1 Å². The zero-order valence-corrected chi connectivity index (χ0v) is 19.0. The number of carbonyl (C=O) groups excluding carboxylic acids is 1. The van der Waals surface area contributed by atoms with E-state index in [1.54, 1.807) is 31.0 Å². The summed E-state index contributed by atoms with van der Waals surface area (Å²) < 4.78 is 12.7. The maximum absolute atomic E-state index is 13.2. The Morgan fingerprint density at radius 2 is 1.84 bits per heavy atom. The quantitative estimate of drug-likeness (QED) is 0.408. The monoisotopic (exact) mass is 467 g/mol. The summed E-state index contributed by atoms with van der Waals surface area (Å²) in [5.74, 6) is 0.910. The number of rotatable bonds is 5. The highest BCUT2D eigenvalue weighted by atomic mass is 35.5. The highest BCUT2D eigenvalue weighted by Gasteiger charge is 2.32. The van der Waals surface area contributed by atoms with Crippen LogP contribution >= 0.6 is 22.9 Å². The molecule has 1 amide bonds. The van der Waals surface area contributed by atoms with E-state index < -0.39 is 0 Å². The highest BCUT2D eigenvalue weighted by molar-refractivity contribution is 7.15. The lowest BCUT2D eigenvalue weighted by atomic mass is 10.1. The van der Waals surface area contributed by atoms with Crippen LogP contribution in [0, 0.1) is 6.92 Å². The molecule has 0 fully saturated rings. The van der Waals surface area contributed by atoms with Crippen LogP contribution < -0.4 is 14.8 Å². The fourth-order valence-electron chi connectivity index (χ4n) is 3.83. The van der Waals surface area contributed by atoms with Crippen molar-refractivity contribution in [2.75, 3.05) is 19.5 Å². The molecule has 0 atom stereocenters. The maximum atomic E-state index is 13.2. The fraction of sp³-hybridized carbons (Fsp3) is 0.182. The molecular formula is C22H18ClN5O3S. The van der Waals surface area contributed by atoms with Gasteiger partial charge in [0.05, 0.1) is 25.6 Å². The van der Waals surface area contributed by atoms with Crippen LogP contribution in [0.15, 0.2) is 36.4 Å². The fourth-order valence-corrected chi connectivity index (χ4v) is 4.54. The topological polar surface area (TPSA) is 91.2 Å². The highest BCUT2D eigenvalue weighted by Crippen LogP contribution is 2.45. The zero-order valence-electron chi connectivity index (χ0n) is 17.5. The van der Waals surface area contributed by atoms with Gasteiger partial charge in [-0.25, -0.2) is 4.68 Å². The number of ether oxygens (including phenoxy) is 2. The van der Waals surface area contributed by atoms with Crippen LogP contribution in [0.5, 0.6) is 11.5 Å². The van der Waals surface area contributed by atoms with E-state index in [1.807, 2.05) is 31.2 Å². The number of halogens is 1. The average molecular weight is 468 g/mol. The van der Waals surface area contributed by atoms with Gasteiger partial charge in [0.1, 0.15) is 5.01 Å². The zero-order chi connectivity index (χ0) is 22.4. The molecule has 1 aliphatic carbocycles. The molecule has 0 saturated carbocycles. The summed E-state index contributed by atoms with van der Waals surface area (Å²) in [6, 6.07) is 11.2. The van der Waals surface area contributed by atoms with Gasteiger partial charge in [-0.1, -0.05) is 22.9 Å². The molecule has 2 aromatic heterocycles. The number of nitrogens with one attached hydrogen (secondary N) is 1. The number of benzene rings is 2. The molecule has 10 heteroatoms. The lowest BCUT2D eigenvalue weighted by Gasteiger charge is -2.12. The molecule has 0 unspecified atom stereocenters. The third kappa shape index (κ3) is 3.39. The van der Waals surface area contributed by atoms with Crippen molar-refractivity contribution < 1.29 is 14.3 Å². The van der Waals surface area contributed by atoms with Crippen LogP contribution in [0.25, 0.3) is 16.9 Å². The lowest BCUT2D eigenvalue weighted by Crippen LogP contribution is -2.15. The lowest BCUT2D eigenvalue weighted by molar-refractivity contribution is 0.102. The molecule has 2 aromatic carbocycles. The Balaban J connectivity index is 1.66. The molecule has 0 bridgehead atoms. The first-order chi connectivity index (χ1) is 15.5. The first-order valence-corrected chi connectivity index (χ1v) is 10.9. The van der Waals surface area contributed by atoms with E-state index in [-0.39, 0.29) is 5.91 Å². The Hall–Kier alpha value is -3.43. The molecule has 1 N–H and O–H groups in total. The first kappa shape index (κ1) is 20.5. The molecule has 162 valence electrons. The molecule has 0 radical (unpaired) electrons. The van der Waals surface area contributed by atoms with Crippen LogP contribution in [0.3, 0.4) is 0 Å². The number of aryl methyl sites for hydroxylation is 1. The van der Waals surface area contributed by atoms with Gasteiger partial charge < -0.3 is 9.47 Å². The summed E-state index contributed by atoms with van der Waals surface area (Å²) in [5, 5.41) is 17.3. The van der Waals surface area contributed by atoms with E-state index in [2.05, 4.69) is 20.6 Å². The second-order valence-corrected chi connectivity index (χ2v) is 8.80. The summed E-state index contributed by atoms with van der Waals surface area (Å²) >= 11 is 7.39.